The van der Waals surface area contributed by atoms with Crippen molar-refractivity contribution in [3.63, 3.8) is 0 Å². The van der Waals surface area contributed by atoms with Crippen LogP contribution in [0, 0.1) is 0 Å². The number of carboxylic acids is 1. The van der Waals surface area contributed by atoms with Crippen LogP contribution >= 0.6 is 11.8 Å². The van der Waals surface area contributed by atoms with Crippen LogP contribution in [0.2, 0.25) is 0 Å². The zero-order valence-corrected chi connectivity index (χ0v) is 18.2. The summed E-state index contributed by atoms with van der Waals surface area (Å²) in [4.78, 5) is 23.9. The van der Waals surface area contributed by atoms with Crippen LogP contribution in [0.3, 0.4) is 0 Å². The summed E-state index contributed by atoms with van der Waals surface area (Å²) in [5.74, 6) is -1.32. The minimum Gasteiger partial charge on any atom is -0.481 e. The van der Waals surface area contributed by atoms with Crippen LogP contribution in [0.4, 0.5) is 11.4 Å². The van der Waals surface area contributed by atoms with Gasteiger partial charge in [-0.2, -0.15) is 0 Å². The minimum absolute atomic E-state index is 0.0553. The van der Waals surface area contributed by atoms with Gasteiger partial charge < -0.3 is 10.4 Å². The van der Waals surface area contributed by atoms with Crippen LogP contribution in [-0.2, 0) is 14.8 Å². The molecule has 31 heavy (non-hydrogen) atoms. The number of carboxylic acid groups (broad SMARTS) is 1. The summed E-state index contributed by atoms with van der Waals surface area (Å²) in [5, 5.41) is 11.4. The molecule has 0 saturated heterocycles. The summed E-state index contributed by atoms with van der Waals surface area (Å²) in [6.45, 7) is 0. The van der Waals surface area contributed by atoms with Gasteiger partial charge in [-0.15, -0.1) is 11.8 Å². The predicted octanol–water partition coefficient (Wildman–Crippen LogP) is 3.94. The molecular formula is C22H20N2O5S2. The van der Waals surface area contributed by atoms with E-state index in [1.807, 2.05) is 6.07 Å². The number of nitrogens with one attached hydrogen (secondary N) is 1. The average molecular weight is 457 g/mol. The highest BCUT2D eigenvalue weighted by molar-refractivity contribution is 8.00. The highest BCUT2D eigenvalue weighted by Gasteiger charge is 2.21. The molecule has 0 fully saturated rings. The maximum absolute atomic E-state index is 12.8. The molecule has 9 heteroatoms. The van der Waals surface area contributed by atoms with Crippen LogP contribution in [-0.4, -0.2) is 38.2 Å². The van der Waals surface area contributed by atoms with Gasteiger partial charge in [0.1, 0.15) is 0 Å². The third kappa shape index (κ3) is 5.65. The van der Waals surface area contributed by atoms with E-state index in [0.717, 1.165) is 4.90 Å². The molecule has 160 valence electrons. The number of amides is 1. The summed E-state index contributed by atoms with van der Waals surface area (Å²) in [5.41, 5.74) is 1.40. The third-order valence-electron chi connectivity index (χ3n) is 4.37. The van der Waals surface area contributed by atoms with E-state index in [1.54, 1.807) is 48.5 Å². The van der Waals surface area contributed by atoms with Crippen molar-refractivity contribution in [1.82, 2.24) is 0 Å². The van der Waals surface area contributed by atoms with E-state index in [9.17, 15) is 18.0 Å². The van der Waals surface area contributed by atoms with Crippen molar-refractivity contribution in [3.8, 4) is 0 Å². The van der Waals surface area contributed by atoms with Gasteiger partial charge in [0, 0.05) is 23.2 Å². The topological polar surface area (TPSA) is 104 Å². The molecule has 3 rings (SSSR count). The SMILES string of the molecule is CN(c1ccccc1)S(=O)(=O)c1ccc(NC(=O)c2ccc(SCC(=O)O)cc2)cc1. The Labute approximate surface area is 184 Å². The number of anilines is 2. The molecule has 1 amide bonds. The summed E-state index contributed by atoms with van der Waals surface area (Å²) < 4.78 is 26.8. The number of hydrogen-bond acceptors (Lipinski definition) is 5. The first-order valence-electron chi connectivity index (χ1n) is 9.17. The van der Waals surface area contributed by atoms with Gasteiger partial charge in [0.25, 0.3) is 15.9 Å². The number of aliphatic carboxylic acids is 1. The summed E-state index contributed by atoms with van der Waals surface area (Å²) in [7, 11) is -2.24. The summed E-state index contributed by atoms with van der Waals surface area (Å²) in [6, 6.07) is 21.2. The Morgan fingerprint density at radius 3 is 2.13 bits per heavy atom. The first-order valence-corrected chi connectivity index (χ1v) is 11.6. The van der Waals surface area contributed by atoms with Crippen molar-refractivity contribution in [2.24, 2.45) is 0 Å². The fraction of sp³-hybridized carbons (Fsp3) is 0.0909. The molecule has 2 N–H and O–H groups in total. The van der Waals surface area contributed by atoms with Crippen molar-refractivity contribution in [2.75, 3.05) is 22.4 Å². The van der Waals surface area contributed by atoms with Crippen LogP contribution in [0.5, 0.6) is 0 Å². The third-order valence-corrected chi connectivity index (χ3v) is 7.17. The van der Waals surface area contributed by atoms with Crippen molar-refractivity contribution in [3.05, 3.63) is 84.4 Å². The maximum atomic E-state index is 12.8. The number of rotatable bonds is 8. The predicted molar refractivity (Wildman–Crippen MR) is 121 cm³/mol. The van der Waals surface area contributed by atoms with E-state index in [4.69, 9.17) is 5.11 Å². The normalized spacial score (nSPS) is 11.0. The van der Waals surface area contributed by atoms with Gasteiger partial charge >= 0.3 is 5.97 Å². The largest absolute Gasteiger partial charge is 0.481 e. The number of sulfonamides is 1. The molecule has 3 aromatic rings. The number of carbonyl (C=O) groups is 2. The van der Waals surface area contributed by atoms with Crippen molar-refractivity contribution in [2.45, 2.75) is 9.79 Å². The van der Waals surface area contributed by atoms with Crippen LogP contribution in [0.15, 0.2) is 88.7 Å². The fourth-order valence-corrected chi connectivity index (χ4v) is 4.51. The van der Waals surface area contributed by atoms with Crippen LogP contribution in [0.1, 0.15) is 10.4 Å². The average Bonchev–Trinajstić information content (AvgIpc) is 2.78. The lowest BCUT2D eigenvalue weighted by Gasteiger charge is -2.19. The smallest absolute Gasteiger partial charge is 0.313 e. The Balaban J connectivity index is 1.67. The first-order chi connectivity index (χ1) is 14.8. The van der Waals surface area contributed by atoms with E-state index >= 15 is 0 Å². The molecule has 0 radical (unpaired) electrons. The molecule has 0 saturated carbocycles. The van der Waals surface area contributed by atoms with E-state index in [0.29, 0.717) is 16.9 Å². The number of nitrogens with zero attached hydrogens (tertiary/aromatic N) is 1. The quantitative estimate of drug-likeness (QED) is 0.498. The van der Waals surface area contributed by atoms with Crippen molar-refractivity contribution >= 4 is 45.0 Å². The Bertz CT molecular complexity index is 1160. The standard InChI is InChI=1S/C22H20N2O5S2/c1-24(18-5-3-2-4-6-18)31(28,29)20-13-9-17(10-14-20)23-22(27)16-7-11-19(12-8-16)30-15-21(25)26/h2-14H,15H2,1H3,(H,23,27)(H,25,26). The van der Waals surface area contributed by atoms with E-state index in [1.165, 1.54) is 47.4 Å². The van der Waals surface area contributed by atoms with Gasteiger partial charge in [0.05, 0.1) is 16.3 Å². The van der Waals surface area contributed by atoms with Crippen LogP contribution < -0.4 is 9.62 Å². The van der Waals surface area contributed by atoms with E-state index in [-0.39, 0.29) is 16.6 Å². The lowest BCUT2D eigenvalue weighted by atomic mass is 10.2. The lowest BCUT2D eigenvalue weighted by molar-refractivity contribution is -0.133. The number of benzene rings is 3. The zero-order valence-electron chi connectivity index (χ0n) is 16.6. The fourth-order valence-electron chi connectivity index (χ4n) is 2.70. The number of para-hydroxylation sites is 1. The van der Waals surface area contributed by atoms with Gasteiger partial charge in [-0.1, -0.05) is 18.2 Å². The molecule has 0 aromatic heterocycles. The Morgan fingerprint density at radius 1 is 0.935 bits per heavy atom. The first kappa shape index (κ1) is 22.4. The van der Waals surface area contributed by atoms with Gasteiger partial charge in [0.15, 0.2) is 0 Å². The highest BCUT2D eigenvalue weighted by atomic mass is 32.2. The van der Waals surface area contributed by atoms with E-state index < -0.39 is 16.0 Å². The second-order valence-corrected chi connectivity index (χ2v) is 9.51. The summed E-state index contributed by atoms with van der Waals surface area (Å²) in [6.07, 6.45) is 0. The number of thioether (sulfide) groups is 1. The second-order valence-electron chi connectivity index (χ2n) is 6.49. The monoisotopic (exact) mass is 456 g/mol. The molecule has 3 aromatic carbocycles. The number of hydrogen-bond donors (Lipinski definition) is 2. The van der Waals surface area contributed by atoms with Gasteiger partial charge in [-0.25, -0.2) is 8.42 Å². The van der Waals surface area contributed by atoms with Crippen molar-refractivity contribution < 1.29 is 23.1 Å². The van der Waals surface area contributed by atoms with Gasteiger partial charge in [-0.3, -0.25) is 13.9 Å². The minimum atomic E-state index is -3.73. The molecule has 0 unspecified atom stereocenters. The molecule has 0 heterocycles. The lowest BCUT2D eigenvalue weighted by Crippen LogP contribution is -2.26. The second kappa shape index (κ2) is 9.67. The van der Waals surface area contributed by atoms with Crippen LogP contribution in [0.25, 0.3) is 0 Å². The molecule has 0 bridgehead atoms. The molecule has 0 aliphatic rings. The molecule has 7 nitrogen and oxygen atoms in total. The zero-order chi connectivity index (χ0) is 22.4. The van der Waals surface area contributed by atoms with Gasteiger partial charge in [-0.05, 0) is 60.7 Å². The van der Waals surface area contributed by atoms with Crippen molar-refractivity contribution in [1.29, 1.82) is 0 Å². The van der Waals surface area contributed by atoms with E-state index in [2.05, 4.69) is 5.32 Å². The Hall–Kier alpha value is -3.30. The summed E-state index contributed by atoms with van der Waals surface area (Å²) >= 11 is 1.17. The Morgan fingerprint density at radius 2 is 1.55 bits per heavy atom. The molecule has 0 aliphatic heterocycles. The molecule has 0 atom stereocenters. The molecular weight excluding hydrogens is 436 g/mol. The number of carbonyl (C=O) groups excluding carboxylic acids is 1. The Kier molecular flexibility index (Phi) is 6.98. The molecule has 0 spiro atoms. The maximum Gasteiger partial charge on any atom is 0.313 e. The highest BCUT2D eigenvalue weighted by Crippen LogP contribution is 2.23. The van der Waals surface area contributed by atoms with Gasteiger partial charge in [0.2, 0.25) is 0 Å². The molecule has 0 aliphatic carbocycles.